The lowest BCUT2D eigenvalue weighted by Gasteiger charge is -2.14. The lowest BCUT2D eigenvalue weighted by Crippen LogP contribution is -2.18. The van der Waals surface area contributed by atoms with Gasteiger partial charge in [-0.05, 0) is 74.8 Å². The highest BCUT2D eigenvalue weighted by molar-refractivity contribution is 5.92. The fraction of sp³-hybridized carbons (Fsp3) is 0.200. The van der Waals surface area contributed by atoms with E-state index in [1.807, 2.05) is 48.8 Å². The summed E-state index contributed by atoms with van der Waals surface area (Å²) in [7, 11) is 0. The number of hydrogen-bond donors (Lipinski definition) is 2. The molecule has 5 aromatic rings. The molecule has 37 heavy (non-hydrogen) atoms. The molecule has 0 bridgehead atoms. The van der Waals surface area contributed by atoms with Crippen molar-refractivity contribution in [2.45, 2.75) is 26.3 Å². The lowest BCUT2D eigenvalue weighted by atomic mass is 10.0. The molecule has 0 atom stereocenters. The molecule has 1 fully saturated rings. The van der Waals surface area contributed by atoms with E-state index in [0.29, 0.717) is 0 Å². The van der Waals surface area contributed by atoms with Crippen LogP contribution in [0.5, 0.6) is 0 Å². The van der Waals surface area contributed by atoms with Crippen molar-refractivity contribution in [2.24, 2.45) is 0 Å². The first-order valence-corrected chi connectivity index (χ1v) is 12.7. The molecule has 7 heteroatoms. The molecule has 0 spiro atoms. The van der Waals surface area contributed by atoms with Gasteiger partial charge in [0.05, 0.1) is 22.6 Å². The molecular formula is C30H29N7. The molecule has 1 saturated heterocycles. The zero-order chi connectivity index (χ0) is 25.2. The third-order valence-electron chi connectivity index (χ3n) is 6.89. The lowest BCUT2D eigenvalue weighted by molar-refractivity contribution is 0.331. The second kappa shape index (κ2) is 9.95. The monoisotopic (exact) mass is 487 g/mol. The molecule has 0 aromatic carbocycles. The SMILES string of the molecule is C=C/C=C(/c1ccccn1)c1cc(-c2n[nH]c3ccc(-c4cncc(CN5CCCC5)c4)nc23)[nH]c1C. The van der Waals surface area contributed by atoms with Gasteiger partial charge in [-0.2, -0.15) is 5.10 Å². The molecule has 1 aliphatic heterocycles. The van der Waals surface area contributed by atoms with Crippen molar-refractivity contribution in [3.63, 3.8) is 0 Å². The van der Waals surface area contributed by atoms with E-state index in [0.717, 1.165) is 75.8 Å². The fourth-order valence-electron chi connectivity index (χ4n) is 5.08. The van der Waals surface area contributed by atoms with E-state index in [4.69, 9.17) is 4.98 Å². The van der Waals surface area contributed by atoms with Crippen LogP contribution in [0.25, 0.3) is 39.3 Å². The van der Waals surface area contributed by atoms with E-state index >= 15 is 0 Å². The summed E-state index contributed by atoms with van der Waals surface area (Å²) in [4.78, 5) is 20.1. The highest BCUT2D eigenvalue weighted by Gasteiger charge is 2.18. The van der Waals surface area contributed by atoms with Gasteiger partial charge in [-0.15, -0.1) is 0 Å². The van der Waals surface area contributed by atoms with E-state index in [1.165, 1.54) is 18.4 Å². The normalized spacial score (nSPS) is 14.5. The Kier molecular flexibility index (Phi) is 6.20. The second-order valence-electron chi connectivity index (χ2n) is 9.48. The van der Waals surface area contributed by atoms with Crippen LogP contribution in [0.1, 0.15) is 35.4 Å². The number of aromatic amines is 2. The molecule has 5 aromatic heterocycles. The maximum absolute atomic E-state index is 5.02. The number of aryl methyl sites for hydroxylation is 1. The van der Waals surface area contributed by atoms with Crippen molar-refractivity contribution >= 4 is 16.6 Å². The van der Waals surface area contributed by atoms with E-state index in [-0.39, 0.29) is 0 Å². The zero-order valence-electron chi connectivity index (χ0n) is 20.9. The molecular weight excluding hydrogens is 458 g/mol. The quantitative estimate of drug-likeness (QED) is 0.278. The van der Waals surface area contributed by atoms with Gasteiger partial charge >= 0.3 is 0 Å². The predicted octanol–water partition coefficient (Wildman–Crippen LogP) is 5.93. The van der Waals surface area contributed by atoms with Crippen molar-refractivity contribution in [1.29, 1.82) is 0 Å². The summed E-state index contributed by atoms with van der Waals surface area (Å²) in [6.07, 6.45) is 12.0. The molecule has 0 unspecified atom stereocenters. The van der Waals surface area contributed by atoms with Crippen molar-refractivity contribution in [1.82, 2.24) is 35.0 Å². The molecule has 6 heterocycles. The third-order valence-corrected chi connectivity index (χ3v) is 6.89. The first-order valence-electron chi connectivity index (χ1n) is 12.7. The van der Waals surface area contributed by atoms with Crippen LogP contribution in [-0.4, -0.2) is 48.1 Å². The number of H-pyrrole nitrogens is 2. The van der Waals surface area contributed by atoms with Crippen LogP contribution in [0.4, 0.5) is 0 Å². The number of hydrogen-bond acceptors (Lipinski definition) is 5. The number of nitrogens with one attached hydrogen (secondary N) is 2. The Balaban J connectivity index is 1.36. The standard InChI is InChI=1S/C30H29N7/c1-3-8-23(26-9-4-5-12-32-26)24-16-28(33-20(24)2)30-29-27(35-36-30)11-10-25(34-29)22-15-21(17-31-18-22)19-37-13-6-7-14-37/h3-5,8-12,15-18,33H,1,6-7,13-14,19H2,2H3,(H,35,36)/b23-8+. The second-order valence-corrected chi connectivity index (χ2v) is 9.48. The summed E-state index contributed by atoms with van der Waals surface area (Å²) < 4.78 is 0. The Morgan fingerprint density at radius 3 is 2.81 bits per heavy atom. The smallest absolute Gasteiger partial charge is 0.135 e. The van der Waals surface area contributed by atoms with E-state index < -0.39 is 0 Å². The van der Waals surface area contributed by atoms with Crippen molar-refractivity contribution < 1.29 is 0 Å². The highest BCUT2D eigenvalue weighted by Crippen LogP contribution is 2.32. The van der Waals surface area contributed by atoms with Crippen molar-refractivity contribution in [3.8, 4) is 22.6 Å². The first kappa shape index (κ1) is 23.1. The molecule has 0 amide bonds. The average Bonchev–Trinajstić information content (AvgIpc) is 3.68. The Hall–Kier alpha value is -4.36. The fourth-order valence-corrected chi connectivity index (χ4v) is 5.08. The molecule has 6 rings (SSSR count). The summed E-state index contributed by atoms with van der Waals surface area (Å²) in [6, 6.07) is 14.3. The van der Waals surface area contributed by atoms with Gasteiger partial charge in [0.25, 0.3) is 0 Å². The van der Waals surface area contributed by atoms with Gasteiger partial charge in [0.2, 0.25) is 0 Å². The molecule has 0 aliphatic carbocycles. The summed E-state index contributed by atoms with van der Waals surface area (Å²) in [6.45, 7) is 9.22. The molecule has 2 N–H and O–H groups in total. The van der Waals surface area contributed by atoms with Gasteiger partial charge in [-0.3, -0.25) is 20.0 Å². The molecule has 7 nitrogen and oxygen atoms in total. The van der Waals surface area contributed by atoms with Crippen LogP contribution in [0.3, 0.4) is 0 Å². The van der Waals surface area contributed by atoms with Crippen LogP contribution in [0.2, 0.25) is 0 Å². The number of aromatic nitrogens is 6. The van der Waals surface area contributed by atoms with Crippen LogP contribution in [0, 0.1) is 6.92 Å². The Bertz CT molecular complexity index is 1590. The van der Waals surface area contributed by atoms with Crippen LogP contribution >= 0.6 is 0 Å². The Morgan fingerprint density at radius 1 is 1.11 bits per heavy atom. The maximum Gasteiger partial charge on any atom is 0.135 e. The largest absolute Gasteiger partial charge is 0.357 e. The molecule has 184 valence electrons. The minimum absolute atomic E-state index is 0.784. The van der Waals surface area contributed by atoms with Crippen molar-refractivity contribution in [2.75, 3.05) is 13.1 Å². The highest BCUT2D eigenvalue weighted by atomic mass is 15.1. The van der Waals surface area contributed by atoms with Gasteiger partial charge in [0.1, 0.15) is 11.2 Å². The molecule has 0 saturated carbocycles. The van der Waals surface area contributed by atoms with Crippen LogP contribution < -0.4 is 0 Å². The topological polar surface area (TPSA) is 86.4 Å². The first-order chi connectivity index (χ1) is 18.2. The number of pyridine rings is 3. The summed E-state index contributed by atoms with van der Waals surface area (Å²) in [5, 5.41) is 7.76. The number of allylic oxidation sites excluding steroid dienone is 2. The van der Waals surface area contributed by atoms with Gasteiger partial charge in [-0.25, -0.2) is 4.98 Å². The number of likely N-dealkylation sites (tertiary alicyclic amines) is 1. The molecule has 0 radical (unpaired) electrons. The number of fused-ring (bicyclic) bond motifs is 1. The summed E-state index contributed by atoms with van der Waals surface area (Å²) in [5.74, 6) is 0. The van der Waals surface area contributed by atoms with Gasteiger partial charge in [-0.1, -0.05) is 24.8 Å². The van der Waals surface area contributed by atoms with Crippen LogP contribution in [0.15, 0.2) is 79.8 Å². The summed E-state index contributed by atoms with van der Waals surface area (Å²) >= 11 is 0. The van der Waals surface area contributed by atoms with Gasteiger partial charge in [0.15, 0.2) is 0 Å². The van der Waals surface area contributed by atoms with E-state index in [2.05, 4.69) is 55.7 Å². The Labute approximate surface area is 216 Å². The average molecular weight is 488 g/mol. The zero-order valence-corrected chi connectivity index (χ0v) is 20.9. The van der Waals surface area contributed by atoms with Gasteiger partial charge in [0, 0.05) is 47.5 Å². The third kappa shape index (κ3) is 4.61. The minimum Gasteiger partial charge on any atom is -0.357 e. The van der Waals surface area contributed by atoms with Gasteiger partial charge < -0.3 is 4.98 Å². The van der Waals surface area contributed by atoms with Crippen molar-refractivity contribution in [3.05, 3.63) is 102 Å². The van der Waals surface area contributed by atoms with E-state index in [9.17, 15) is 0 Å². The van der Waals surface area contributed by atoms with Crippen LogP contribution in [-0.2, 0) is 6.54 Å². The predicted molar refractivity (Wildman–Crippen MR) is 148 cm³/mol. The number of rotatable bonds is 7. The summed E-state index contributed by atoms with van der Waals surface area (Å²) in [5.41, 5.74) is 10.5. The number of nitrogens with zero attached hydrogens (tertiary/aromatic N) is 5. The van der Waals surface area contributed by atoms with E-state index in [1.54, 1.807) is 12.3 Å². The maximum atomic E-state index is 5.02. The minimum atomic E-state index is 0.784. The molecule has 1 aliphatic rings. The Morgan fingerprint density at radius 2 is 2.00 bits per heavy atom.